The molecule has 3 aromatic rings. The number of thioether (sulfide) groups is 1. The van der Waals surface area contributed by atoms with Gasteiger partial charge in [-0.25, -0.2) is 18.4 Å². The van der Waals surface area contributed by atoms with Crippen molar-refractivity contribution in [2.75, 3.05) is 16.8 Å². The monoisotopic (exact) mass is 413 g/mol. The maximum absolute atomic E-state index is 13.4. The standard InChI is InChI=1S/C13H9BrFN5O3S/c14-8-3-7(1-2-9(8)15)20-12(19-22-13(20)21)10-11(18-23-17-10)16-6-4-24-5-6/h1-3,6H,4-5H2,(H,16,18). The van der Waals surface area contributed by atoms with E-state index in [2.05, 4.69) is 36.7 Å². The number of aromatic nitrogens is 4. The van der Waals surface area contributed by atoms with E-state index >= 15 is 0 Å². The predicted octanol–water partition coefficient (Wildman–Crippen LogP) is 2.30. The van der Waals surface area contributed by atoms with Crippen LogP contribution in [-0.4, -0.2) is 37.6 Å². The first-order chi connectivity index (χ1) is 11.6. The smallest absolute Gasteiger partial charge is 0.361 e. The maximum atomic E-state index is 13.4. The van der Waals surface area contributed by atoms with Crippen molar-refractivity contribution in [1.29, 1.82) is 0 Å². The van der Waals surface area contributed by atoms with Gasteiger partial charge in [-0.15, -0.1) is 0 Å². The Labute approximate surface area is 146 Å². The third kappa shape index (κ3) is 2.63. The first-order valence-corrected chi connectivity index (χ1v) is 8.79. The Morgan fingerprint density at radius 3 is 2.88 bits per heavy atom. The van der Waals surface area contributed by atoms with Gasteiger partial charge in [-0.05, 0) is 44.4 Å². The van der Waals surface area contributed by atoms with Gasteiger partial charge in [0.1, 0.15) is 5.82 Å². The van der Waals surface area contributed by atoms with E-state index in [0.29, 0.717) is 11.5 Å². The van der Waals surface area contributed by atoms with Crippen LogP contribution in [0.3, 0.4) is 0 Å². The molecule has 0 spiro atoms. The lowest BCUT2D eigenvalue weighted by Gasteiger charge is -2.25. The lowest BCUT2D eigenvalue weighted by Crippen LogP contribution is -2.33. The summed E-state index contributed by atoms with van der Waals surface area (Å²) in [4.78, 5) is 12.1. The molecule has 1 saturated heterocycles. The first-order valence-electron chi connectivity index (χ1n) is 6.85. The molecule has 0 saturated carbocycles. The van der Waals surface area contributed by atoms with E-state index in [1.54, 1.807) is 11.8 Å². The van der Waals surface area contributed by atoms with E-state index in [4.69, 9.17) is 9.15 Å². The molecule has 0 bridgehead atoms. The molecule has 8 nitrogen and oxygen atoms in total. The highest BCUT2D eigenvalue weighted by molar-refractivity contribution is 9.10. The van der Waals surface area contributed by atoms with Gasteiger partial charge in [-0.3, -0.25) is 4.52 Å². The summed E-state index contributed by atoms with van der Waals surface area (Å²) >= 11 is 4.90. The molecular formula is C13H9BrFN5O3S. The number of nitrogens with zero attached hydrogens (tertiary/aromatic N) is 4. The Balaban J connectivity index is 1.79. The van der Waals surface area contributed by atoms with Crippen LogP contribution < -0.4 is 11.1 Å². The maximum Gasteiger partial charge on any atom is 0.446 e. The normalized spacial score (nSPS) is 14.6. The van der Waals surface area contributed by atoms with E-state index in [1.165, 1.54) is 22.8 Å². The topological polar surface area (TPSA) is 99.0 Å². The van der Waals surface area contributed by atoms with E-state index in [-0.39, 0.29) is 22.0 Å². The van der Waals surface area contributed by atoms with Crippen molar-refractivity contribution in [3.8, 4) is 17.2 Å². The van der Waals surface area contributed by atoms with E-state index < -0.39 is 11.6 Å². The molecule has 2 aromatic heterocycles. The molecule has 1 N–H and O–H groups in total. The summed E-state index contributed by atoms with van der Waals surface area (Å²) < 4.78 is 24.4. The molecular weight excluding hydrogens is 405 g/mol. The van der Waals surface area contributed by atoms with Crippen LogP contribution in [0.4, 0.5) is 10.2 Å². The molecule has 4 rings (SSSR count). The second-order valence-electron chi connectivity index (χ2n) is 5.05. The van der Waals surface area contributed by atoms with Crippen LogP contribution >= 0.6 is 27.7 Å². The molecule has 0 atom stereocenters. The number of hydrogen-bond donors (Lipinski definition) is 1. The second-order valence-corrected chi connectivity index (χ2v) is 6.98. The van der Waals surface area contributed by atoms with Crippen molar-refractivity contribution in [3.05, 3.63) is 39.0 Å². The average molecular weight is 414 g/mol. The molecule has 24 heavy (non-hydrogen) atoms. The Hall–Kier alpha value is -2.14. The van der Waals surface area contributed by atoms with Crippen LogP contribution in [0, 0.1) is 5.82 Å². The zero-order chi connectivity index (χ0) is 16.7. The largest absolute Gasteiger partial charge is 0.446 e. The summed E-state index contributed by atoms with van der Waals surface area (Å²) in [5, 5.41) is 14.6. The number of rotatable bonds is 4. The fourth-order valence-corrected chi connectivity index (χ4v) is 3.20. The third-order valence-electron chi connectivity index (χ3n) is 3.45. The zero-order valence-corrected chi connectivity index (χ0v) is 14.3. The minimum atomic E-state index is -0.725. The van der Waals surface area contributed by atoms with Crippen molar-refractivity contribution in [2.45, 2.75) is 6.04 Å². The van der Waals surface area contributed by atoms with Crippen molar-refractivity contribution in [1.82, 2.24) is 20.0 Å². The summed E-state index contributed by atoms with van der Waals surface area (Å²) in [6.45, 7) is 0. The number of hydrogen-bond acceptors (Lipinski definition) is 8. The molecule has 0 amide bonds. The van der Waals surface area contributed by atoms with Gasteiger partial charge >= 0.3 is 5.76 Å². The van der Waals surface area contributed by atoms with Gasteiger partial charge in [0.15, 0.2) is 5.69 Å². The predicted molar refractivity (Wildman–Crippen MR) is 87.8 cm³/mol. The summed E-state index contributed by atoms with van der Waals surface area (Å²) in [5.41, 5.74) is 0.621. The molecule has 1 fully saturated rings. The van der Waals surface area contributed by atoms with E-state index in [0.717, 1.165) is 11.5 Å². The molecule has 0 radical (unpaired) electrons. The van der Waals surface area contributed by atoms with E-state index in [9.17, 15) is 9.18 Å². The minimum absolute atomic E-state index is 0.120. The Morgan fingerprint density at radius 1 is 1.33 bits per heavy atom. The van der Waals surface area contributed by atoms with Gasteiger partial charge in [-0.1, -0.05) is 5.16 Å². The lowest BCUT2D eigenvalue weighted by molar-refractivity contribution is 0.309. The van der Waals surface area contributed by atoms with E-state index in [1.807, 2.05) is 0 Å². The van der Waals surface area contributed by atoms with Gasteiger partial charge in [0.05, 0.1) is 10.2 Å². The summed E-state index contributed by atoms with van der Waals surface area (Å²) in [5.74, 6) is 1.22. The number of anilines is 1. The molecule has 0 aliphatic carbocycles. The van der Waals surface area contributed by atoms with Crippen molar-refractivity contribution < 1.29 is 13.5 Å². The van der Waals surface area contributed by atoms with Crippen LogP contribution in [0.5, 0.6) is 0 Å². The highest BCUT2D eigenvalue weighted by Gasteiger charge is 2.26. The molecule has 0 unspecified atom stereocenters. The zero-order valence-electron chi connectivity index (χ0n) is 11.9. The minimum Gasteiger partial charge on any atom is -0.361 e. The van der Waals surface area contributed by atoms with Crippen LogP contribution in [0.2, 0.25) is 0 Å². The number of benzene rings is 1. The van der Waals surface area contributed by atoms with Gasteiger partial charge in [-0.2, -0.15) is 11.8 Å². The van der Waals surface area contributed by atoms with Crippen LogP contribution in [-0.2, 0) is 0 Å². The number of halogens is 2. The third-order valence-corrected chi connectivity index (χ3v) is 5.33. The summed E-state index contributed by atoms with van der Waals surface area (Å²) in [7, 11) is 0. The molecule has 3 heterocycles. The van der Waals surface area contributed by atoms with Gasteiger partial charge in [0.25, 0.3) is 0 Å². The second kappa shape index (κ2) is 6.06. The van der Waals surface area contributed by atoms with Crippen LogP contribution in [0.1, 0.15) is 0 Å². The highest BCUT2D eigenvalue weighted by Crippen LogP contribution is 2.28. The van der Waals surface area contributed by atoms with Gasteiger partial charge in [0.2, 0.25) is 11.6 Å². The fraction of sp³-hybridized carbons (Fsp3) is 0.231. The van der Waals surface area contributed by atoms with Crippen LogP contribution in [0.15, 0.2) is 36.6 Å². The molecule has 11 heteroatoms. The Kier molecular flexibility index (Phi) is 3.88. The molecule has 1 aliphatic heterocycles. The quantitative estimate of drug-likeness (QED) is 0.695. The SMILES string of the molecule is O=c1onc(-c2nonc2NC2CSC2)n1-c1ccc(F)c(Br)c1. The lowest BCUT2D eigenvalue weighted by atomic mass is 10.3. The molecule has 1 aromatic carbocycles. The van der Waals surface area contributed by atoms with Gasteiger partial charge < -0.3 is 5.32 Å². The summed E-state index contributed by atoms with van der Waals surface area (Å²) in [6.07, 6.45) is 0. The van der Waals surface area contributed by atoms with Crippen LogP contribution in [0.25, 0.3) is 17.2 Å². The average Bonchev–Trinajstić information content (AvgIpc) is 3.12. The van der Waals surface area contributed by atoms with Crippen molar-refractivity contribution in [2.24, 2.45) is 0 Å². The first kappa shape index (κ1) is 15.4. The number of nitrogens with one attached hydrogen (secondary N) is 1. The van der Waals surface area contributed by atoms with Gasteiger partial charge in [0, 0.05) is 17.5 Å². The summed E-state index contributed by atoms with van der Waals surface area (Å²) in [6, 6.07) is 4.37. The molecule has 124 valence electrons. The van der Waals surface area contributed by atoms with Crippen molar-refractivity contribution >= 4 is 33.5 Å². The van der Waals surface area contributed by atoms with Crippen molar-refractivity contribution in [3.63, 3.8) is 0 Å². The fourth-order valence-electron chi connectivity index (χ4n) is 2.19. The Bertz CT molecular complexity index is 951. The Morgan fingerprint density at radius 2 is 2.17 bits per heavy atom. The molecule has 1 aliphatic rings. The highest BCUT2D eigenvalue weighted by atomic mass is 79.9.